The second-order valence-electron chi connectivity index (χ2n) is 4.92. The minimum atomic E-state index is -0.455. The maximum atomic E-state index is 12.0. The van der Waals surface area contributed by atoms with Gasteiger partial charge in [-0.2, -0.15) is 5.10 Å². The largest absolute Gasteiger partial charge is 0.462 e. The van der Waals surface area contributed by atoms with Crippen molar-refractivity contribution < 1.29 is 9.53 Å². The molecule has 0 fully saturated rings. The Balaban J connectivity index is 2.49. The van der Waals surface area contributed by atoms with E-state index in [1.807, 2.05) is 6.92 Å². The zero-order valence-corrected chi connectivity index (χ0v) is 13.2. The number of rotatable bonds is 5. The number of fused-ring (bicyclic) bond motifs is 1. The number of aryl methyl sites for hydroxylation is 2. The maximum Gasteiger partial charge on any atom is 0.341 e. The third-order valence-corrected chi connectivity index (χ3v) is 3.53. The third kappa shape index (κ3) is 3.08. The average Bonchev–Trinajstić information content (AvgIpc) is 2.79. The first kappa shape index (κ1) is 15.5. The highest BCUT2D eigenvalue weighted by molar-refractivity contribution is 6.38. The summed E-state index contributed by atoms with van der Waals surface area (Å²) in [6.45, 7) is 10.3. The number of hydrogen-bond acceptors (Lipinski definition) is 4. The Kier molecular flexibility index (Phi) is 4.63. The van der Waals surface area contributed by atoms with E-state index < -0.39 is 5.97 Å². The predicted octanol–water partition coefficient (Wildman–Crippen LogP) is 3.54. The van der Waals surface area contributed by atoms with E-state index in [1.165, 1.54) is 0 Å². The maximum absolute atomic E-state index is 12.0. The summed E-state index contributed by atoms with van der Waals surface area (Å²) in [7, 11) is 0. The summed E-state index contributed by atoms with van der Waals surface area (Å²) in [4.78, 5) is 16.4. The summed E-state index contributed by atoms with van der Waals surface area (Å²) in [5.41, 5.74) is 2.60. The molecule has 0 aromatic carbocycles. The lowest BCUT2D eigenvalue weighted by Gasteiger charge is -2.09. The molecule has 0 aliphatic carbocycles. The highest BCUT2D eigenvalue weighted by atomic mass is 35.5. The first-order valence-corrected chi connectivity index (χ1v) is 7.16. The van der Waals surface area contributed by atoms with Gasteiger partial charge in [-0.1, -0.05) is 17.2 Å². The number of nitrogens with zero attached hydrogens (tertiary/aromatic N) is 3. The molecule has 2 aromatic rings. The lowest BCUT2D eigenvalue weighted by atomic mass is 10.1. The molecule has 21 heavy (non-hydrogen) atoms. The Morgan fingerprint density at radius 3 is 2.86 bits per heavy atom. The van der Waals surface area contributed by atoms with Gasteiger partial charge in [0.2, 0.25) is 0 Å². The monoisotopic (exact) mass is 307 g/mol. The van der Waals surface area contributed by atoms with Crippen LogP contribution in [0.2, 0.25) is 5.02 Å². The first-order valence-electron chi connectivity index (χ1n) is 6.78. The van der Waals surface area contributed by atoms with Gasteiger partial charge in [0.15, 0.2) is 5.65 Å². The van der Waals surface area contributed by atoms with Crippen LogP contribution in [0.25, 0.3) is 11.0 Å². The van der Waals surface area contributed by atoms with Gasteiger partial charge in [-0.3, -0.25) is 0 Å². The van der Waals surface area contributed by atoms with Gasteiger partial charge < -0.3 is 4.74 Å². The zero-order valence-electron chi connectivity index (χ0n) is 12.4. The number of aromatic nitrogens is 3. The zero-order chi connectivity index (χ0) is 15.6. The molecule has 0 aliphatic heterocycles. The molecule has 0 atom stereocenters. The second kappa shape index (κ2) is 6.26. The van der Waals surface area contributed by atoms with E-state index in [4.69, 9.17) is 16.3 Å². The normalized spacial score (nSPS) is 10.9. The molecule has 0 radical (unpaired) electrons. The number of carbonyl (C=O) groups is 1. The van der Waals surface area contributed by atoms with Gasteiger partial charge in [0, 0.05) is 6.54 Å². The lowest BCUT2D eigenvalue weighted by Crippen LogP contribution is -2.10. The number of esters is 1. The van der Waals surface area contributed by atoms with E-state index in [1.54, 1.807) is 24.7 Å². The van der Waals surface area contributed by atoms with Crippen LogP contribution in [-0.2, 0) is 11.3 Å². The van der Waals surface area contributed by atoms with Crippen LogP contribution < -0.4 is 0 Å². The SMILES string of the molecule is C=C(C)CCn1ncc2c(Cl)c(C(=O)OCC)c(C)nc21. The van der Waals surface area contributed by atoms with E-state index in [2.05, 4.69) is 16.7 Å². The number of carbonyl (C=O) groups excluding carboxylic acids is 1. The summed E-state index contributed by atoms with van der Waals surface area (Å²) >= 11 is 6.34. The fraction of sp³-hybridized carbons (Fsp3) is 0.400. The number of ether oxygens (including phenoxy) is 1. The van der Waals surface area contributed by atoms with Crippen LogP contribution in [0.15, 0.2) is 18.3 Å². The van der Waals surface area contributed by atoms with Crippen LogP contribution in [0.1, 0.15) is 36.3 Å². The molecule has 0 N–H and O–H groups in total. The van der Waals surface area contributed by atoms with Crippen molar-refractivity contribution >= 4 is 28.6 Å². The molecule has 2 rings (SSSR count). The predicted molar refractivity (Wildman–Crippen MR) is 82.7 cm³/mol. The minimum Gasteiger partial charge on any atom is -0.462 e. The first-order chi connectivity index (χ1) is 9.95. The molecule has 6 heteroatoms. The molecule has 0 saturated heterocycles. The molecule has 5 nitrogen and oxygen atoms in total. The van der Waals surface area contributed by atoms with E-state index >= 15 is 0 Å². The van der Waals surface area contributed by atoms with Crippen LogP contribution in [-0.4, -0.2) is 27.3 Å². The van der Waals surface area contributed by atoms with Gasteiger partial charge in [0.1, 0.15) is 5.56 Å². The van der Waals surface area contributed by atoms with Gasteiger partial charge in [-0.15, -0.1) is 6.58 Å². The molecule has 0 saturated carbocycles. The molecule has 112 valence electrons. The van der Waals surface area contributed by atoms with Gasteiger partial charge in [0.25, 0.3) is 0 Å². The fourth-order valence-corrected chi connectivity index (χ4v) is 2.41. The highest BCUT2D eigenvalue weighted by Crippen LogP contribution is 2.28. The molecular formula is C15H18ClN3O2. The summed E-state index contributed by atoms with van der Waals surface area (Å²) in [5, 5.41) is 5.30. The average molecular weight is 308 g/mol. The molecule has 0 spiro atoms. The van der Waals surface area contributed by atoms with Crippen LogP contribution in [0.4, 0.5) is 0 Å². The highest BCUT2D eigenvalue weighted by Gasteiger charge is 2.21. The van der Waals surface area contributed by atoms with Crippen LogP contribution in [0.5, 0.6) is 0 Å². The molecule has 2 heterocycles. The standard InChI is InChI=1S/C15H18ClN3O2/c1-5-21-15(20)12-10(4)18-14-11(13(12)16)8-17-19(14)7-6-9(2)3/h8H,2,5-7H2,1,3-4H3. The Morgan fingerprint density at radius 1 is 1.52 bits per heavy atom. The third-order valence-electron chi connectivity index (χ3n) is 3.13. The number of allylic oxidation sites excluding steroid dienone is 1. The number of hydrogen-bond donors (Lipinski definition) is 0. The van der Waals surface area contributed by atoms with Crippen LogP contribution in [0, 0.1) is 6.92 Å². The molecule has 0 bridgehead atoms. The van der Waals surface area contributed by atoms with Crippen molar-refractivity contribution in [3.8, 4) is 0 Å². The lowest BCUT2D eigenvalue weighted by molar-refractivity contribution is 0.0525. The van der Waals surface area contributed by atoms with Crippen molar-refractivity contribution in [1.82, 2.24) is 14.8 Å². The Hall–Kier alpha value is -1.88. The summed E-state index contributed by atoms with van der Waals surface area (Å²) in [6.07, 6.45) is 2.44. The van der Waals surface area contributed by atoms with Crippen molar-refractivity contribution in [2.24, 2.45) is 0 Å². The van der Waals surface area contributed by atoms with Crippen molar-refractivity contribution in [3.63, 3.8) is 0 Å². The quantitative estimate of drug-likeness (QED) is 0.626. The van der Waals surface area contributed by atoms with Crippen molar-refractivity contribution in [3.05, 3.63) is 34.6 Å². The van der Waals surface area contributed by atoms with Crippen molar-refractivity contribution in [1.29, 1.82) is 0 Å². The fourth-order valence-electron chi connectivity index (χ4n) is 2.06. The van der Waals surface area contributed by atoms with Crippen LogP contribution in [0.3, 0.4) is 0 Å². The van der Waals surface area contributed by atoms with Crippen LogP contribution >= 0.6 is 11.6 Å². The van der Waals surface area contributed by atoms with Crippen molar-refractivity contribution in [2.45, 2.75) is 33.7 Å². The molecule has 0 unspecified atom stereocenters. The smallest absolute Gasteiger partial charge is 0.341 e. The minimum absolute atomic E-state index is 0.296. The van der Waals surface area contributed by atoms with Gasteiger partial charge in [-0.25, -0.2) is 14.5 Å². The molecule has 0 aliphatic rings. The Bertz CT molecular complexity index is 706. The molecule has 0 amide bonds. The molecular weight excluding hydrogens is 290 g/mol. The Morgan fingerprint density at radius 2 is 2.24 bits per heavy atom. The van der Waals surface area contributed by atoms with E-state index in [0.29, 0.717) is 40.5 Å². The summed E-state index contributed by atoms with van der Waals surface area (Å²) in [5.74, 6) is -0.455. The topological polar surface area (TPSA) is 57.0 Å². The van der Waals surface area contributed by atoms with E-state index in [9.17, 15) is 4.79 Å². The van der Waals surface area contributed by atoms with Crippen molar-refractivity contribution in [2.75, 3.05) is 6.61 Å². The number of halogens is 1. The molecule has 2 aromatic heterocycles. The summed E-state index contributed by atoms with van der Waals surface area (Å²) in [6, 6.07) is 0. The summed E-state index contributed by atoms with van der Waals surface area (Å²) < 4.78 is 6.80. The van der Waals surface area contributed by atoms with Gasteiger partial charge in [0.05, 0.1) is 28.9 Å². The van der Waals surface area contributed by atoms with E-state index in [-0.39, 0.29) is 0 Å². The number of pyridine rings is 1. The Labute approximate surface area is 128 Å². The second-order valence-corrected chi connectivity index (χ2v) is 5.30. The van der Waals surface area contributed by atoms with E-state index in [0.717, 1.165) is 12.0 Å². The van der Waals surface area contributed by atoms with Gasteiger partial charge >= 0.3 is 5.97 Å². The van der Waals surface area contributed by atoms with Gasteiger partial charge in [-0.05, 0) is 27.2 Å².